The van der Waals surface area contributed by atoms with E-state index in [1.165, 1.54) is 0 Å². The normalized spacial score (nSPS) is 54.0. The van der Waals surface area contributed by atoms with Crippen molar-refractivity contribution in [3.63, 3.8) is 0 Å². The van der Waals surface area contributed by atoms with Crippen molar-refractivity contribution in [1.29, 1.82) is 0 Å². The summed E-state index contributed by atoms with van der Waals surface area (Å²) in [4.78, 5) is 11.2. The Labute approximate surface area is 176 Å². The molecule has 0 aromatic heterocycles. The summed E-state index contributed by atoms with van der Waals surface area (Å²) in [5.74, 6) is 2.22. The molecule has 0 saturated heterocycles. The fourth-order valence-corrected chi connectivity index (χ4v) is 8.94. The van der Waals surface area contributed by atoms with E-state index in [1.54, 1.807) is 0 Å². The van der Waals surface area contributed by atoms with E-state index in [0.717, 1.165) is 57.7 Å². The first-order valence-electron chi connectivity index (χ1n) is 12.1. The topological polar surface area (TPSA) is 77.8 Å². The number of hydrogen-bond acceptors (Lipinski definition) is 4. The lowest BCUT2D eigenvalue weighted by atomic mass is 9.43. The second-order valence-electron chi connectivity index (χ2n) is 11.9. The van der Waals surface area contributed by atoms with E-state index >= 15 is 0 Å². The van der Waals surface area contributed by atoms with Crippen LogP contribution >= 0.6 is 0 Å². The number of aliphatic hydroxyl groups excluding tert-OH is 3. The first kappa shape index (κ1) is 21.8. The Morgan fingerprint density at radius 1 is 1.00 bits per heavy atom. The van der Waals surface area contributed by atoms with Crippen LogP contribution in [0.3, 0.4) is 0 Å². The quantitative estimate of drug-likeness (QED) is 0.621. The molecule has 0 radical (unpaired) electrons. The highest BCUT2D eigenvalue weighted by molar-refractivity contribution is 5.52. The van der Waals surface area contributed by atoms with Gasteiger partial charge in [0.2, 0.25) is 0 Å². The van der Waals surface area contributed by atoms with Gasteiger partial charge in [-0.15, -0.1) is 0 Å². The predicted molar refractivity (Wildman–Crippen MR) is 113 cm³/mol. The van der Waals surface area contributed by atoms with Gasteiger partial charge in [0.25, 0.3) is 0 Å². The van der Waals surface area contributed by atoms with Crippen LogP contribution in [-0.4, -0.2) is 39.9 Å². The summed E-state index contributed by atoms with van der Waals surface area (Å²) in [6.07, 6.45) is 7.49. The van der Waals surface area contributed by atoms with Crippen molar-refractivity contribution < 1.29 is 20.1 Å². The predicted octanol–water partition coefficient (Wildman–Crippen LogP) is 3.81. The van der Waals surface area contributed by atoms with Crippen LogP contribution in [0.4, 0.5) is 0 Å². The SMILES string of the molecule is C[C@H](C[C@@H](C)C=O)[C@H]1CCC2C3C(C[C@H](O)[C@@]21C)[C@@]1(C)CC[C@@H](O)CC1C[C@H]3O. The van der Waals surface area contributed by atoms with Gasteiger partial charge in [-0.1, -0.05) is 27.7 Å². The summed E-state index contributed by atoms with van der Waals surface area (Å²) in [5, 5.41) is 33.0. The first-order valence-corrected chi connectivity index (χ1v) is 12.1. The zero-order valence-electron chi connectivity index (χ0n) is 18.8. The van der Waals surface area contributed by atoms with Gasteiger partial charge in [0.05, 0.1) is 18.3 Å². The molecule has 12 atom stereocenters. The fraction of sp³-hybridized carbons (Fsp3) is 0.960. The summed E-state index contributed by atoms with van der Waals surface area (Å²) < 4.78 is 0. The second-order valence-corrected chi connectivity index (χ2v) is 11.9. The van der Waals surface area contributed by atoms with Gasteiger partial charge in [-0.3, -0.25) is 0 Å². The van der Waals surface area contributed by atoms with Crippen molar-refractivity contribution >= 4 is 6.29 Å². The van der Waals surface area contributed by atoms with Crippen molar-refractivity contribution in [2.24, 2.45) is 52.3 Å². The summed E-state index contributed by atoms with van der Waals surface area (Å²) in [6.45, 7) is 8.91. The monoisotopic (exact) mass is 406 g/mol. The molecule has 0 aromatic carbocycles. The average molecular weight is 407 g/mol. The van der Waals surface area contributed by atoms with Crippen molar-refractivity contribution in [3.05, 3.63) is 0 Å². The third-order valence-corrected chi connectivity index (χ3v) is 10.5. The first-order chi connectivity index (χ1) is 13.6. The Morgan fingerprint density at radius 3 is 2.41 bits per heavy atom. The molecule has 29 heavy (non-hydrogen) atoms. The molecule has 0 aromatic rings. The van der Waals surface area contributed by atoms with E-state index in [4.69, 9.17) is 0 Å². The number of carbonyl (C=O) groups excluding carboxylic acids is 1. The van der Waals surface area contributed by atoms with E-state index in [9.17, 15) is 20.1 Å². The van der Waals surface area contributed by atoms with Crippen LogP contribution < -0.4 is 0 Å². The molecule has 166 valence electrons. The summed E-state index contributed by atoms with van der Waals surface area (Å²) in [5.41, 5.74) is -0.0390. The number of rotatable bonds is 4. The van der Waals surface area contributed by atoms with Gasteiger partial charge >= 0.3 is 0 Å². The van der Waals surface area contributed by atoms with Crippen molar-refractivity contribution in [2.45, 2.75) is 97.4 Å². The molecule has 0 heterocycles. The number of hydrogen-bond donors (Lipinski definition) is 3. The molecule has 0 bridgehead atoms. The fourth-order valence-electron chi connectivity index (χ4n) is 8.94. The summed E-state index contributed by atoms with van der Waals surface area (Å²) in [6, 6.07) is 0. The van der Waals surface area contributed by atoms with Crippen molar-refractivity contribution in [3.8, 4) is 0 Å². The van der Waals surface area contributed by atoms with Crippen LogP contribution in [0.2, 0.25) is 0 Å². The molecule has 4 rings (SSSR count). The van der Waals surface area contributed by atoms with E-state index in [0.29, 0.717) is 29.6 Å². The van der Waals surface area contributed by atoms with Gasteiger partial charge in [-0.25, -0.2) is 0 Å². The molecule has 4 unspecified atom stereocenters. The van der Waals surface area contributed by atoms with E-state index < -0.39 is 0 Å². The molecular formula is C25H42O4. The maximum absolute atomic E-state index is 11.5. The lowest BCUT2D eigenvalue weighted by Gasteiger charge is -2.63. The van der Waals surface area contributed by atoms with Crippen molar-refractivity contribution in [2.75, 3.05) is 0 Å². The molecule has 4 fully saturated rings. The third kappa shape index (κ3) is 3.24. The van der Waals surface area contributed by atoms with Crippen LogP contribution in [0.1, 0.15) is 79.1 Å². The standard InChI is InChI=1S/C25H42O4/c1-14(13-26)9-15(2)18-5-6-19-23-20(12-22(29)25(18,19)4)24(3)8-7-17(27)10-16(24)11-21(23)28/h13-23,27-29H,5-12H2,1-4H3/t14-,15-,16?,17-,18-,19?,20?,21-,22+,23?,24+,25-/m1/s1. The third-order valence-electron chi connectivity index (χ3n) is 10.5. The van der Waals surface area contributed by atoms with Crippen LogP contribution in [0.15, 0.2) is 0 Å². The highest BCUT2D eigenvalue weighted by Crippen LogP contribution is 2.68. The largest absolute Gasteiger partial charge is 0.393 e. The minimum absolute atomic E-state index is 0.0646. The molecule has 0 aliphatic heterocycles. The number of aliphatic hydroxyl groups is 3. The van der Waals surface area contributed by atoms with E-state index in [1.807, 2.05) is 6.92 Å². The zero-order chi connectivity index (χ0) is 21.1. The van der Waals surface area contributed by atoms with Gasteiger partial charge in [-0.05, 0) is 97.7 Å². The second kappa shape index (κ2) is 7.60. The Kier molecular flexibility index (Phi) is 5.71. The number of aldehydes is 1. The van der Waals surface area contributed by atoms with Gasteiger partial charge in [0.15, 0.2) is 0 Å². The van der Waals surface area contributed by atoms with Crippen LogP contribution in [0.5, 0.6) is 0 Å². The highest BCUT2D eigenvalue weighted by atomic mass is 16.3. The smallest absolute Gasteiger partial charge is 0.122 e. The number of fused-ring (bicyclic) bond motifs is 5. The minimum atomic E-state index is -0.343. The van der Waals surface area contributed by atoms with Gasteiger partial charge in [0, 0.05) is 5.92 Å². The average Bonchev–Trinajstić information content (AvgIpc) is 3.02. The van der Waals surface area contributed by atoms with Crippen LogP contribution in [0.25, 0.3) is 0 Å². The van der Waals surface area contributed by atoms with Gasteiger partial charge in [-0.2, -0.15) is 0 Å². The lowest BCUT2D eigenvalue weighted by molar-refractivity contribution is -0.207. The van der Waals surface area contributed by atoms with Gasteiger partial charge < -0.3 is 20.1 Å². The molecule has 3 N–H and O–H groups in total. The zero-order valence-corrected chi connectivity index (χ0v) is 18.8. The Balaban J connectivity index is 1.62. The molecule has 4 aliphatic carbocycles. The molecule has 0 amide bonds. The molecule has 4 aliphatic rings. The molecule has 0 spiro atoms. The summed E-state index contributed by atoms with van der Waals surface area (Å²) in [7, 11) is 0. The highest BCUT2D eigenvalue weighted by Gasteiger charge is 2.65. The number of carbonyl (C=O) groups is 1. The molecular weight excluding hydrogens is 364 g/mol. The van der Waals surface area contributed by atoms with Crippen LogP contribution in [-0.2, 0) is 4.79 Å². The Morgan fingerprint density at radius 2 is 1.72 bits per heavy atom. The van der Waals surface area contributed by atoms with Crippen molar-refractivity contribution in [1.82, 2.24) is 0 Å². The lowest BCUT2D eigenvalue weighted by Crippen LogP contribution is -2.62. The Hall–Kier alpha value is -0.450. The Bertz CT molecular complexity index is 622. The van der Waals surface area contributed by atoms with Gasteiger partial charge in [0.1, 0.15) is 6.29 Å². The van der Waals surface area contributed by atoms with E-state index in [-0.39, 0.29) is 41.0 Å². The minimum Gasteiger partial charge on any atom is -0.393 e. The van der Waals surface area contributed by atoms with Crippen LogP contribution in [0, 0.1) is 52.3 Å². The molecule has 4 nitrogen and oxygen atoms in total. The van der Waals surface area contributed by atoms with E-state index in [2.05, 4.69) is 20.8 Å². The summed E-state index contributed by atoms with van der Waals surface area (Å²) >= 11 is 0. The maximum atomic E-state index is 11.5. The molecule has 4 saturated carbocycles. The maximum Gasteiger partial charge on any atom is 0.122 e. The molecule has 4 heteroatoms.